The van der Waals surface area contributed by atoms with E-state index in [2.05, 4.69) is 6.58 Å². The van der Waals surface area contributed by atoms with Crippen LogP contribution in [0.25, 0.3) is 0 Å². The molecule has 0 aromatic heterocycles. The van der Waals surface area contributed by atoms with Crippen molar-refractivity contribution in [2.24, 2.45) is 0 Å². The first-order valence-electron chi connectivity index (χ1n) is 6.86. The number of esters is 1. The van der Waals surface area contributed by atoms with Gasteiger partial charge in [0.25, 0.3) is 0 Å². The molecule has 0 aliphatic heterocycles. The van der Waals surface area contributed by atoms with Gasteiger partial charge in [-0.05, 0) is 6.07 Å². The minimum Gasteiger partial charge on any atom is -0.496 e. The number of rotatable bonds is 6. The third-order valence-electron chi connectivity index (χ3n) is 3.21. The lowest BCUT2D eigenvalue weighted by atomic mass is 9.99. The zero-order valence-electron chi connectivity index (χ0n) is 12.6. The maximum atomic E-state index is 12.7. The fraction of sp³-hybridized carbons (Fsp3) is 0.111. The molecular formula is C18H16O5. The van der Waals surface area contributed by atoms with Crippen molar-refractivity contribution in [1.29, 1.82) is 0 Å². The van der Waals surface area contributed by atoms with E-state index in [1.807, 2.05) is 0 Å². The van der Waals surface area contributed by atoms with Crippen LogP contribution in [0.15, 0.2) is 55.1 Å². The van der Waals surface area contributed by atoms with Gasteiger partial charge in [0.2, 0.25) is 0 Å². The first-order chi connectivity index (χ1) is 11.1. The number of hydrogen-bond donors (Lipinski definition) is 1. The fourth-order valence-corrected chi connectivity index (χ4v) is 2.08. The molecule has 0 aliphatic rings. The Morgan fingerprint density at radius 3 is 2.43 bits per heavy atom. The summed E-state index contributed by atoms with van der Waals surface area (Å²) in [6, 6.07) is 11.4. The van der Waals surface area contributed by atoms with Crippen molar-refractivity contribution in [3.63, 3.8) is 0 Å². The average Bonchev–Trinajstić information content (AvgIpc) is 2.61. The monoisotopic (exact) mass is 312 g/mol. The van der Waals surface area contributed by atoms with Crippen molar-refractivity contribution in [2.75, 3.05) is 7.11 Å². The van der Waals surface area contributed by atoms with Gasteiger partial charge in [-0.25, -0.2) is 4.79 Å². The number of carbonyl (C=O) groups is 2. The van der Waals surface area contributed by atoms with E-state index >= 15 is 0 Å². The van der Waals surface area contributed by atoms with Crippen LogP contribution in [-0.2, 0) is 11.4 Å². The summed E-state index contributed by atoms with van der Waals surface area (Å²) in [5, 5.41) is 9.43. The van der Waals surface area contributed by atoms with Crippen LogP contribution in [0.5, 0.6) is 11.5 Å². The molecule has 0 fully saturated rings. The number of methoxy groups -OCH3 is 1. The lowest BCUT2D eigenvalue weighted by molar-refractivity contribution is -0.128. The molecule has 2 aromatic rings. The quantitative estimate of drug-likeness (QED) is 0.384. The van der Waals surface area contributed by atoms with E-state index in [0.29, 0.717) is 16.9 Å². The third kappa shape index (κ3) is 3.64. The zero-order chi connectivity index (χ0) is 16.8. The predicted molar refractivity (Wildman–Crippen MR) is 84.6 cm³/mol. The number of benzene rings is 2. The van der Waals surface area contributed by atoms with Crippen LogP contribution in [0.2, 0.25) is 0 Å². The maximum absolute atomic E-state index is 12.7. The van der Waals surface area contributed by atoms with Crippen LogP contribution in [0.1, 0.15) is 21.5 Å². The van der Waals surface area contributed by atoms with Crippen LogP contribution in [-0.4, -0.2) is 24.0 Å². The van der Waals surface area contributed by atoms with Gasteiger partial charge in [0.05, 0.1) is 19.3 Å². The number of carbonyl (C=O) groups excluding carboxylic acids is 2. The standard InChI is InChI=1S/C18H16O5/c1-3-17(20)23-16-10-15(22-2)13(11-19)9-14(16)18(21)12-7-5-4-6-8-12/h3-10,19H,1,11H2,2H3. The SMILES string of the molecule is C=CC(=O)Oc1cc(OC)c(CO)cc1C(=O)c1ccccc1. The van der Waals surface area contributed by atoms with Crippen LogP contribution in [0, 0.1) is 0 Å². The first kappa shape index (κ1) is 16.5. The highest BCUT2D eigenvalue weighted by Crippen LogP contribution is 2.31. The van der Waals surface area contributed by atoms with Crippen LogP contribution < -0.4 is 9.47 Å². The molecule has 0 unspecified atom stereocenters. The van der Waals surface area contributed by atoms with Gasteiger partial charge in [-0.1, -0.05) is 36.9 Å². The van der Waals surface area contributed by atoms with Crippen LogP contribution in [0.3, 0.4) is 0 Å². The largest absolute Gasteiger partial charge is 0.496 e. The van der Waals surface area contributed by atoms with Crippen molar-refractivity contribution in [1.82, 2.24) is 0 Å². The van der Waals surface area contributed by atoms with Crippen molar-refractivity contribution in [3.05, 3.63) is 71.8 Å². The van der Waals surface area contributed by atoms with Gasteiger partial charge in [0.1, 0.15) is 11.5 Å². The molecule has 0 radical (unpaired) electrons. The first-order valence-corrected chi connectivity index (χ1v) is 6.86. The molecule has 2 aromatic carbocycles. The molecule has 0 spiro atoms. The predicted octanol–water partition coefficient (Wildman–Crippen LogP) is 2.51. The van der Waals surface area contributed by atoms with Crippen molar-refractivity contribution < 1.29 is 24.2 Å². The summed E-state index contributed by atoms with van der Waals surface area (Å²) in [7, 11) is 1.42. The molecule has 5 heteroatoms. The van der Waals surface area contributed by atoms with Crippen molar-refractivity contribution in [3.8, 4) is 11.5 Å². The highest BCUT2D eigenvalue weighted by Gasteiger charge is 2.20. The smallest absolute Gasteiger partial charge is 0.335 e. The second-order valence-electron chi connectivity index (χ2n) is 4.64. The summed E-state index contributed by atoms with van der Waals surface area (Å²) >= 11 is 0. The number of ketones is 1. The molecule has 118 valence electrons. The summed E-state index contributed by atoms with van der Waals surface area (Å²) < 4.78 is 10.3. The van der Waals surface area contributed by atoms with Gasteiger partial charge in [-0.2, -0.15) is 0 Å². The van der Waals surface area contributed by atoms with Crippen molar-refractivity contribution >= 4 is 11.8 Å². The molecular weight excluding hydrogens is 296 g/mol. The summed E-state index contributed by atoms with van der Waals surface area (Å²) in [5.41, 5.74) is 1.03. The van der Waals surface area contributed by atoms with Crippen LogP contribution >= 0.6 is 0 Å². The lowest BCUT2D eigenvalue weighted by Gasteiger charge is -2.13. The van der Waals surface area contributed by atoms with E-state index in [1.165, 1.54) is 19.2 Å². The molecule has 23 heavy (non-hydrogen) atoms. The summed E-state index contributed by atoms with van der Waals surface area (Å²) in [5.74, 6) is -0.637. The second kappa shape index (κ2) is 7.38. The lowest BCUT2D eigenvalue weighted by Crippen LogP contribution is -2.11. The topological polar surface area (TPSA) is 72.8 Å². The Bertz CT molecular complexity index is 735. The van der Waals surface area contributed by atoms with Gasteiger partial charge in [0, 0.05) is 23.3 Å². The normalized spacial score (nSPS) is 10.0. The summed E-state index contributed by atoms with van der Waals surface area (Å²) in [4.78, 5) is 24.2. The number of ether oxygens (including phenoxy) is 2. The minimum atomic E-state index is -0.689. The Hall–Kier alpha value is -2.92. The van der Waals surface area contributed by atoms with E-state index < -0.39 is 5.97 Å². The van der Waals surface area contributed by atoms with Gasteiger partial charge in [0.15, 0.2) is 5.78 Å². The van der Waals surface area contributed by atoms with Gasteiger partial charge >= 0.3 is 5.97 Å². The van der Waals surface area contributed by atoms with E-state index in [0.717, 1.165) is 6.08 Å². The highest BCUT2D eigenvalue weighted by atomic mass is 16.5. The minimum absolute atomic E-state index is 0.0535. The van der Waals surface area contributed by atoms with E-state index in [9.17, 15) is 14.7 Å². The van der Waals surface area contributed by atoms with Crippen molar-refractivity contribution in [2.45, 2.75) is 6.61 Å². The number of hydrogen-bond acceptors (Lipinski definition) is 5. The Morgan fingerprint density at radius 2 is 1.87 bits per heavy atom. The molecule has 0 heterocycles. The third-order valence-corrected chi connectivity index (χ3v) is 3.21. The fourth-order valence-electron chi connectivity index (χ4n) is 2.08. The second-order valence-corrected chi connectivity index (χ2v) is 4.64. The number of aliphatic hydroxyl groups is 1. The highest BCUT2D eigenvalue weighted by molar-refractivity contribution is 6.11. The molecule has 0 atom stereocenters. The summed E-state index contributed by atoms with van der Waals surface area (Å²) in [6.07, 6.45) is 1.00. The average molecular weight is 312 g/mol. The molecule has 0 amide bonds. The van der Waals surface area contributed by atoms with Crippen LogP contribution in [0.4, 0.5) is 0 Å². The van der Waals surface area contributed by atoms with E-state index in [1.54, 1.807) is 30.3 Å². The van der Waals surface area contributed by atoms with Gasteiger partial charge in [-0.15, -0.1) is 0 Å². The molecule has 2 rings (SSSR count). The number of aliphatic hydroxyl groups excluding tert-OH is 1. The van der Waals surface area contributed by atoms with E-state index in [4.69, 9.17) is 9.47 Å². The maximum Gasteiger partial charge on any atom is 0.335 e. The summed E-state index contributed by atoms with van der Waals surface area (Å²) in [6.45, 7) is 3.02. The Labute approximate surface area is 133 Å². The molecule has 0 saturated heterocycles. The Balaban J connectivity index is 2.56. The Kier molecular flexibility index (Phi) is 5.28. The Morgan fingerprint density at radius 1 is 1.17 bits per heavy atom. The molecule has 0 bridgehead atoms. The molecule has 1 N–H and O–H groups in total. The molecule has 5 nitrogen and oxygen atoms in total. The van der Waals surface area contributed by atoms with Gasteiger partial charge in [-0.3, -0.25) is 4.79 Å². The van der Waals surface area contributed by atoms with Gasteiger partial charge < -0.3 is 14.6 Å². The molecule has 0 aliphatic carbocycles. The molecule has 0 saturated carbocycles. The van der Waals surface area contributed by atoms with E-state index in [-0.39, 0.29) is 23.7 Å². The zero-order valence-corrected chi connectivity index (χ0v) is 12.6.